The highest BCUT2D eigenvalue weighted by Crippen LogP contribution is 2.48. The topological polar surface area (TPSA) is 59.8 Å². The highest BCUT2D eigenvalue weighted by Gasteiger charge is 2.54. The van der Waals surface area contributed by atoms with Crippen LogP contribution in [-0.4, -0.2) is 64.0 Å². The molecule has 4 saturated heterocycles. The van der Waals surface area contributed by atoms with Crippen LogP contribution in [-0.2, 0) is 11.3 Å². The number of fused-ring (bicyclic) bond motifs is 3. The number of amides is 1. The third-order valence-electron chi connectivity index (χ3n) is 7.25. The van der Waals surface area contributed by atoms with Gasteiger partial charge in [0.15, 0.2) is 11.5 Å². The van der Waals surface area contributed by atoms with Gasteiger partial charge < -0.3 is 14.4 Å². The molecule has 29 heavy (non-hydrogen) atoms. The maximum absolute atomic E-state index is 13.3. The average molecular weight is 394 g/mol. The van der Waals surface area contributed by atoms with Crippen LogP contribution in [0.4, 0.5) is 0 Å². The van der Waals surface area contributed by atoms with Crippen molar-refractivity contribution >= 4 is 5.91 Å². The number of rotatable bonds is 4. The molecule has 0 aliphatic carbocycles. The van der Waals surface area contributed by atoms with E-state index in [2.05, 4.69) is 27.0 Å². The summed E-state index contributed by atoms with van der Waals surface area (Å²) < 4.78 is 13.0. The minimum atomic E-state index is 0.257. The SMILES string of the molecule is O=C(CCn1cccn1)N1C[C@H](c2ccc3c(c2)OCO3)[C@H]2[C@@H]1C1CCN2CC1. The quantitative estimate of drug-likeness (QED) is 0.795. The summed E-state index contributed by atoms with van der Waals surface area (Å²) in [5.41, 5.74) is 1.26. The Morgan fingerprint density at radius 1 is 1.14 bits per heavy atom. The van der Waals surface area contributed by atoms with Crippen molar-refractivity contribution in [3.8, 4) is 11.5 Å². The zero-order valence-corrected chi connectivity index (χ0v) is 16.4. The van der Waals surface area contributed by atoms with E-state index in [4.69, 9.17) is 9.47 Å². The summed E-state index contributed by atoms with van der Waals surface area (Å²) in [5.74, 6) is 2.86. The van der Waals surface area contributed by atoms with Gasteiger partial charge in [-0.15, -0.1) is 0 Å². The van der Waals surface area contributed by atoms with Crippen LogP contribution in [0.3, 0.4) is 0 Å². The maximum Gasteiger partial charge on any atom is 0.231 e. The van der Waals surface area contributed by atoms with Gasteiger partial charge in [0.1, 0.15) is 0 Å². The fourth-order valence-corrected chi connectivity index (χ4v) is 5.93. The van der Waals surface area contributed by atoms with Gasteiger partial charge >= 0.3 is 0 Å². The van der Waals surface area contributed by atoms with Crippen LogP contribution in [0, 0.1) is 5.92 Å². The van der Waals surface area contributed by atoms with Crippen LogP contribution in [0.25, 0.3) is 0 Å². The standard InChI is InChI=1S/C22H26N4O3/c27-20(6-11-25-8-1-7-23-25)26-13-17(16-2-3-18-19(12-16)29-14-28-18)22-21(26)15-4-9-24(22)10-5-15/h1-3,7-8,12,15,17,21-22H,4-6,9-11,13-14H2/t17-,21+,22+/m1/s1. The van der Waals surface area contributed by atoms with Gasteiger partial charge in [0.25, 0.3) is 0 Å². The Balaban J connectivity index is 1.28. The summed E-state index contributed by atoms with van der Waals surface area (Å²) in [7, 11) is 0. The van der Waals surface area contributed by atoms with Gasteiger partial charge in [-0.05, 0) is 55.6 Å². The first-order valence-corrected chi connectivity index (χ1v) is 10.7. The molecule has 4 fully saturated rings. The van der Waals surface area contributed by atoms with Gasteiger partial charge in [-0.2, -0.15) is 5.10 Å². The molecule has 152 valence electrons. The van der Waals surface area contributed by atoms with E-state index in [1.165, 1.54) is 18.4 Å². The van der Waals surface area contributed by atoms with E-state index in [1.807, 2.05) is 23.0 Å². The second-order valence-electron chi connectivity index (χ2n) is 8.64. The van der Waals surface area contributed by atoms with Crippen LogP contribution in [0.5, 0.6) is 11.5 Å². The highest BCUT2D eigenvalue weighted by molar-refractivity contribution is 5.77. The van der Waals surface area contributed by atoms with Crippen LogP contribution in [0.2, 0.25) is 0 Å². The lowest BCUT2D eigenvalue weighted by atomic mass is 9.75. The Morgan fingerprint density at radius 3 is 2.83 bits per heavy atom. The molecule has 0 saturated carbocycles. The summed E-state index contributed by atoms with van der Waals surface area (Å²) in [6, 6.07) is 8.96. The van der Waals surface area contributed by atoms with Crippen LogP contribution >= 0.6 is 0 Å². The van der Waals surface area contributed by atoms with Gasteiger partial charge in [0, 0.05) is 43.9 Å². The fourth-order valence-electron chi connectivity index (χ4n) is 5.93. The zero-order chi connectivity index (χ0) is 19.4. The van der Waals surface area contributed by atoms with Crippen LogP contribution in [0.15, 0.2) is 36.7 Å². The van der Waals surface area contributed by atoms with E-state index in [9.17, 15) is 4.79 Å². The molecule has 3 atom stereocenters. The van der Waals surface area contributed by atoms with Crippen LogP contribution < -0.4 is 9.47 Å². The van der Waals surface area contributed by atoms with E-state index >= 15 is 0 Å². The summed E-state index contributed by atoms with van der Waals surface area (Å²) in [6.07, 6.45) is 6.60. The van der Waals surface area contributed by atoms with Gasteiger partial charge in [0.2, 0.25) is 12.7 Å². The number of piperidine rings is 3. The van der Waals surface area contributed by atoms with E-state index < -0.39 is 0 Å². The number of hydrogen-bond donors (Lipinski definition) is 0. The molecule has 2 aromatic rings. The molecule has 7 rings (SSSR count). The predicted octanol–water partition coefficient (Wildman–Crippen LogP) is 2.09. The van der Waals surface area contributed by atoms with Crippen molar-refractivity contribution in [2.45, 2.75) is 43.8 Å². The smallest absolute Gasteiger partial charge is 0.231 e. The molecule has 0 radical (unpaired) electrons. The lowest BCUT2D eigenvalue weighted by molar-refractivity contribution is -0.136. The molecule has 5 aliphatic heterocycles. The number of carbonyl (C=O) groups excluding carboxylic acids is 1. The van der Waals surface area contributed by atoms with Gasteiger partial charge in [-0.3, -0.25) is 14.4 Å². The van der Waals surface area contributed by atoms with E-state index in [0.29, 0.717) is 43.7 Å². The normalized spacial score (nSPS) is 31.9. The zero-order valence-electron chi connectivity index (χ0n) is 16.4. The number of aryl methyl sites for hydroxylation is 1. The minimum Gasteiger partial charge on any atom is -0.454 e. The molecular formula is C22H26N4O3. The minimum absolute atomic E-state index is 0.257. The number of benzene rings is 1. The molecular weight excluding hydrogens is 368 g/mol. The van der Waals surface area contributed by atoms with Gasteiger partial charge in [0.05, 0.1) is 6.04 Å². The third-order valence-corrected chi connectivity index (χ3v) is 7.25. The van der Waals surface area contributed by atoms with Crippen molar-refractivity contribution in [3.63, 3.8) is 0 Å². The number of carbonyl (C=O) groups is 1. The molecule has 0 spiro atoms. The number of likely N-dealkylation sites (tertiary alicyclic amines) is 1. The summed E-state index contributed by atoms with van der Waals surface area (Å²) in [6.45, 7) is 4.04. The first-order chi connectivity index (χ1) is 14.3. The van der Waals surface area contributed by atoms with E-state index in [-0.39, 0.29) is 5.91 Å². The molecule has 7 heteroatoms. The van der Waals surface area contributed by atoms with Crippen molar-refractivity contribution in [2.24, 2.45) is 5.92 Å². The van der Waals surface area contributed by atoms with Gasteiger partial charge in [-0.1, -0.05) is 6.07 Å². The first kappa shape index (κ1) is 17.3. The Labute approximate surface area is 170 Å². The lowest BCUT2D eigenvalue weighted by Gasteiger charge is -2.51. The number of nitrogens with zero attached hydrogens (tertiary/aromatic N) is 4. The summed E-state index contributed by atoms with van der Waals surface area (Å²) in [5, 5.41) is 4.24. The van der Waals surface area contributed by atoms with Crippen molar-refractivity contribution in [1.82, 2.24) is 19.6 Å². The fraction of sp³-hybridized carbons (Fsp3) is 0.545. The maximum atomic E-state index is 13.3. The molecule has 0 unspecified atom stereocenters. The second kappa shape index (κ2) is 6.76. The van der Waals surface area contributed by atoms with Crippen molar-refractivity contribution in [2.75, 3.05) is 26.4 Å². The highest BCUT2D eigenvalue weighted by atomic mass is 16.7. The van der Waals surface area contributed by atoms with Crippen molar-refractivity contribution in [3.05, 3.63) is 42.2 Å². The van der Waals surface area contributed by atoms with Crippen molar-refractivity contribution in [1.29, 1.82) is 0 Å². The molecule has 5 aliphatic rings. The largest absolute Gasteiger partial charge is 0.454 e. The monoisotopic (exact) mass is 394 g/mol. The molecule has 7 nitrogen and oxygen atoms in total. The van der Waals surface area contributed by atoms with Crippen molar-refractivity contribution < 1.29 is 14.3 Å². The Kier molecular flexibility index (Phi) is 4.04. The van der Waals surface area contributed by atoms with E-state index in [0.717, 1.165) is 31.1 Å². The lowest BCUT2D eigenvalue weighted by Crippen LogP contribution is -2.60. The first-order valence-electron chi connectivity index (χ1n) is 10.7. The van der Waals surface area contributed by atoms with Crippen LogP contribution in [0.1, 0.15) is 30.7 Å². The Morgan fingerprint density at radius 2 is 2.00 bits per heavy atom. The number of hydrogen-bond acceptors (Lipinski definition) is 5. The second-order valence-corrected chi connectivity index (χ2v) is 8.64. The summed E-state index contributed by atoms with van der Waals surface area (Å²) in [4.78, 5) is 18.1. The Bertz CT molecular complexity index is 907. The summed E-state index contributed by atoms with van der Waals surface area (Å²) >= 11 is 0. The van der Waals surface area contributed by atoms with E-state index in [1.54, 1.807) is 6.20 Å². The molecule has 6 heterocycles. The molecule has 1 aromatic heterocycles. The van der Waals surface area contributed by atoms with Gasteiger partial charge in [-0.25, -0.2) is 0 Å². The molecule has 1 aromatic carbocycles. The number of aromatic nitrogens is 2. The molecule has 0 N–H and O–H groups in total. The number of ether oxygens (including phenoxy) is 2. The molecule has 1 amide bonds. The predicted molar refractivity (Wildman–Crippen MR) is 106 cm³/mol. The average Bonchev–Trinajstić information content (AvgIpc) is 3.52. The molecule has 2 bridgehead atoms. The third kappa shape index (κ3) is 2.82. The Hall–Kier alpha value is -2.54.